The van der Waals surface area contributed by atoms with E-state index in [0.29, 0.717) is 32.8 Å². The van der Waals surface area contributed by atoms with Gasteiger partial charge in [0.25, 0.3) is 0 Å². The summed E-state index contributed by atoms with van der Waals surface area (Å²) in [4.78, 5) is 27.8. The fourth-order valence-corrected chi connectivity index (χ4v) is 3.43. The van der Waals surface area contributed by atoms with Gasteiger partial charge in [0.05, 0.1) is 13.2 Å². The molecule has 0 spiro atoms. The van der Waals surface area contributed by atoms with Crippen LogP contribution in [0.2, 0.25) is 0 Å². The van der Waals surface area contributed by atoms with Gasteiger partial charge in [0, 0.05) is 32.5 Å². The molecule has 0 unspecified atom stereocenters. The molecule has 130 valence electrons. The Morgan fingerprint density at radius 3 is 2.38 bits per heavy atom. The number of nitrogens with zero attached hydrogens (tertiary/aromatic N) is 2. The monoisotopic (exact) mass is 334 g/mol. The summed E-state index contributed by atoms with van der Waals surface area (Å²) in [5.74, 6) is -0.0791. The van der Waals surface area contributed by atoms with Crippen LogP contribution in [0, 0.1) is 11.7 Å². The Balaban J connectivity index is 1.59. The van der Waals surface area contributed by atoms with Crippen molar-refractivity contribution in [3.63, 3.8) is 0 Å². The third kappa shape index (κ3) is 3.75. The Kier molecular flexibility index (Phi) is 5.14. The van der Waals surface area contributed by atoms with Gasteiger partial charge >= 0.3 is 0 Å². The molecule has 1 atom stereocenters. The van der Waals surface area contributed by atoms with Gasteiger partial charge in [-0.3, -0.25) is 9.59 Å². The van der Waals surface area contributed by atoms with Crippen LogP contribution in [0.1, 0.15) is 31.4 Å². The second-order valence-electron chi connectivity index (χ2n) is 6.48. The van der Waals surface area contributed by atoms with Crippen LogP contribution in [0.4, 0.5) is 4.39 Å². The Morgan fingerprint density at radius 1 is 1.08 bits per heavy atom. The van der Waals surface area contributed by atoms with Crippen LogP contribution in [0.25, 0.3) is 0 Å². The molecule has 2 saturated heterocycles. The van der Waals surface area contributed by atoms with E-state index in [4.69, 9.17) is 4.74 Å². The van der Waals surface area contributed by atoms with Crippen molar-refractivity contribution >= 4 is 11.8 Å². The van der Waals surface area contributed by atoms with Crippen molar-refractivity contribution in [2.24, 2.45) is 5.92 Å². The summed E-state index contributed by atoms with van der Waals surface area (Å²) < 4.78 is 18.8. The molecule has 1 aromatic rings. The number of carbonyl (C=O) groups is 2. The predicted octanol–water partition coefficient (Wildman–Crippen LogP) is 1.98. The second kappa shape index (κ2) is 7.30. The number of morpholine rings is 1. The van der Waals surface area contributed by atoms with Crippen molar-refractivity contribution in [3.8, 4) is 0 Å². The van der Waals surface area contributed by atoms with Crippen LogP contribution in [0.5, 0.6) is 0 Å². The number of halogens is 1. The highest BCUT2D eigenvalue weighted by molar-refractivity contribution is 5.80. The summed E-state index contributed by atoms with van der Waals surface area (Å²) in [6, 6.07) is 6.24. The minimum Gasteiger partial charge on any atom is -0.370 e. The molecule has 24 heavy (non-hydrogen) atoms. The lowest BCUT2D eigenvalue weighted by molar-refractivity contribution is -0.146. The normalized spacial score (nSPS) is 22.5. The van der Waals surface area contributed by atoms with Crippen molar-refractivity contribution in [2.45, 2.75) is 25.9 Å². The first-order valence-electron chi connectivity index (χ1n) is 8.46. The first kappa shape index (κ1) is 16.9. The highest BCUT2D eigenvalue weighted by Gasteiger charge is 2.32. The molecule has 2 heterocycles. The average Bonchev–Trinajstić information content (AvgIpc) is 2.62. The SMILES string of the molecule is CC(=O)N1CCC(C(=O)N2CCO[C@H](c3ccc(F)cc3)C2)CC1. The summed E-state index contributed by atoms with van der Waals surface area (Å²) in [5.41, 5.74) is 0.889. The zero-order chi connectivity index (χ0) is 17.1. The molecule has 0 radical (unpaired) electrons. The van der Waals surface area contributed by atoms with Gasteiger partial charge < -0.3 is 14.5 Å². The van der Waals surface area contributed by atoms with Crippen molar-refractivity contribution in [2.75, 3.05) is 32.8 Å². The van der Waals surface area contributed by atoms with Crippen molar-refractivity contribution in [1.29, 1.82) is 0 Å². The number of piperidine rings is 1. The van der Waals surface area contributed by atoms with Gasteiger partial charge in [-0.25, -0.2) is 4.39 Å². The Labute approximate surface area is 141 Å². The van der Waals surface area contributed by atoms with Crippen LogP contribution < -0.4 is 0 Å². The van der Waals surface area contributed by atoms with Crippen LogP contribution in [0.15, 0.2) is 24.3 Å². The van der Waals surface area contributed by atoms with Gasteiger partial charge in [0.15, 0.2) is 0 Å². The lowest BCUT2D eigenvalue weighted by Gasteiger charge is -2.37. The summed E-state index contributed by atoms with van der Waals surface area (Å²) in [6.45, 7) is 4.44. The number of hydrogen-bond acceptors (Lipinski definition) is 3. The van der Waals surface area contributed by atoms with E-state index < -0.39 is 0 Å². The van der Waals surface area contributed by atoms with E-state index >= 15 is 0 Å². The number of ether oxygens (including phenoxy) is 1. The molecule has 5 nitrogen and oxygen atoms in total. The molecule has 6 heteroatoms. The molecule has 1 aromatic carbocycles. The Morgan fingerprint density at radius 2 is 1.75 bits per heavy atom. The van der Waals surface area contributed by atoms with Gasteiger partial charge in [0.2, 0.25) is 11.8 Å². The van der Waals surface area contributed by atoms with Crippen LogP contribution in [0.3, 0.4) is 0 Å². The molecule has 2 aliphatic heterocycles. The quantitative estimate of drug-likeness (QED) is 0.831. The molecule has 0 bridgehead atoms. The molecule has 3 rings (SSSR count). The van der Waals surface area contributed by atoms with E-state index in [9.17, 15) is 14.0 Å². The minimum absolute atomic E-state index is 0.0208. The van der Waals surface area contributed by atoms with Gasteiger partial charge in [-0.05, 0) is 30.5 Å². The molecular formula is C18H23FN2O3. The molecule has 0 aromatic heterocycles. The summed E-state index contributed by atoms with van der Waals surface area (Å²) in [5, 5.41) is 0. The van der Waals surface area contributed by atoms with Crippen LogP contribution >= 0.6 is 0 Å². The molecule has 2 amide bonds. The Hall–Kier alpha value is -1.95. The molecule has 0 N–H and O–H groups in total. The van der Waals surface area contributed by atoms with E-state index in [2.05, 4.69) is 0 Å². The first-order chi connectivity index (χ1) is 11.5. The van der Waals surface area contributed by atoms with E-state index in [1.807, 2.05) is 4.90 Å². The second-order valence-corrected chi connectivity index (χ2v) is 6.48. The molecule has 0 saturated carbocycles. The third-order valence-electron chi connectivity index (χ3n) is 4.91. The smallest absolute Gasteiger partial charge is 0.225 e. The number of benzene rings is 1. The van der Waals surface area contributed by atoms with Gasteiger partial charge in [0.1, 0.15) is 11.9 Å². The highest BCUT2D eigenvalue weighted by atomic mass is 19.1. The van der Waals surface area contributed by atoms with Gasteiger partial charge in [-0.1, -0.05) is 12.1 Å². The van der Waals surface area contributed by atoms with E-state index in [1.54, 1.807) is 24.0 Å². The largest absolute Gasteiger partial charge is 0.370 e. The van der Waals surface area contributed by atoms with Crippen LogP contribution in [-0.4, -0.2) is 54.4 Å². The van der Waals surface area contributed by atoms with Crippen molar-refractivity contribution < 1.29 is 18.7 Å². The lowest BCUT2D eigenvalue weighted by atomic mass is 9.94. The zero-order valence-electron chi connectivity index (χ0n) is 13.9. The van der Waals surface area contributed by atoms with E-state index in [0.717, 1.165) is 18.4 Å². The average molecular weight is 334 g/mol. The minimum atomic E-state index is -0.278. The topological polar surface area (TPSA) is 49.9 Å². The lowest BCUT2D eigenvalue weighted by Crippen LogP contribution is -2.48. The standard InChI is InChI=1S/C18H23FN2O3/c1-13(22)20-8-6-15(7-9-20)18(23)21-10-11-24-17(12-21)14-2-4-16(19)5-3-14/h2-5,15,17H,6-12H2,1H3/t17-/m0/s1. The highest BCUT2D eigenvalue weighted by Crippen LogP contribution is 2.26. The number of carbonyl (C=O) groups excluding carboxylic acids is 2. The first-order valence-corrected chi connectivity index (χ1v) is 8.46. The number of rotatable bonds is 2. The van der Waals surface area contributed by atoms with Gasteiger partial charge in [-0.15, -0.1) is 0 Å². The fourth-order valence-electron chi connectivity index (χ4n) is 3.43. The number of amides is 2. The van der Waals surface area contributed by atoms with Crippen molar-refractivity contribution in [1.82, 2.24) is 9.80 Å². The van der Waals surface area contributed by atoms with Gasteiger partial charge in [-0.2, -0.15) is 0 Å². The van der Waals surface area contributed by atoms with E-state index in [1.165, 1.54) is 12.1 Å². The number of likely N-dealkylation sites (tertiary alicyclic amines) is 1. The molecule has 0 aliphatic carbocycles. The van der Waals surface area contributed by atoms with Crippen molar-refractivity contribution in [3.05, 3.63) is 35.6 Å². The molecular weight excluding hydrogens is 311 g/mol. The third-order valence-corrected chi connectivity index (χ3v) is 4.91. The maximum atomic E-state index is 13.1. The summed E-state index contributed by atoms with van der Waals surface area (Å²) >= 11 is 0. The van der Waals surface area contributed by atoms with E-state index in [-0.39, 0.29) is 29.7 Å². The maximum Gasteiger partial charge on any atom is 0.225 e. The predicted molar refractivity (Wildman–Crippen MR) is 86.7 cm³/mol. The molecule has 2 fully saturated rings. The Bertz CT molecular complexity index is 597. The fraction of sp³-hybridized carbons (Fsp3) is 0.556. The summed E-state index contributed by atoms with van der Waals surface area (Å²) in [6.07, 6.45) is 1.23. The van der Waals surface area contributed by atoms with Crippen LogP contribution in [-0.2, 0) is 14.3 Å². The summed E-state index contributed by atoms with van der Waals surface area (Å²) in [7, 11) is 0. The number of hydrogen-bond donors (Lipinski definition) is 0. The maximum absolute atomic E-state index is 13.1. The zero-order valence-corrected chi connectivity index (χ0v) is 13.9. The molecule has 2 aliphatic rings.